The number of nitrogens with one attached hydrogen (secondary N) is 3. The van der Waals surface area contributed by atoms with E-state index >= 15 is 4.79 Å². The second kappa shape index (κ2) is 16.6. The normalized spacial score (nSPS) is 29.4. The van der Waals surface area contributed by atoms with Crippen molar-refractivity contribution >= 4 is 50.8 Å². The van der Waals surface area contributed by atoms with Gasteiger partial charge in [0.05, 0.1) is 56.8 Å². The maximum atomic E-state index is 15.0. The van der Waals surface area contributed by atoms with E-state index in [0.717, 1.165) is 37.7 Å². The third-order valence-corrected chi connectivity index (χ3v) is 14.3. The molecule has 1 aromatic carbocycles. The number of hydrogen-bond donors (Lipinski definition) is 3. The Hall–Kier alpha value is -4.90. The molecule has 6 bridgehead atoms. The second-order valence-electron chi connectivity index (χ2n) is 16.6. The topological polar surface area (TPSA) is 195 Å². The highest BCUT2D eigenvalue weighted by Crippen LogP contribution is 2.46. The van der Waals surface area contributed by atoms with Gasteiger partial charge < -0.3 is 39.4 Å². The fourth-order valence-corrected chi connectivity index (χ4v) is 10.3. The van der Waals surface area contributed by atoms with Crippen molar-refractivity contribution in [2.45, 2.75) is 106 Å². The van der Waals surface area contributed by atoms with Crippen molar-refractivity contribution in [3.05, 3.63) is 42.5 Å². The van der Waals surface area contributed by atoms with E-state index in [2.05, 4.69) is 21.9 Å². The van der Waals surface area contributed by atoms with Crippen LogP contribution in [0.3, 0.4) is 0 Å². The minimum absolute atomic E-state index is 0.00746. The molecule has 2 saturated heterocycles. The molecule has 9 rings (SSSR count). The fourth-order valence-electron chi connectivity index (χ4n) is 8.89. The maximum absolute atomic E-state index is 15.0. The molecule has 16 nitrogen and oxygen atoms in total. The number of urea groups is 1. The van der Waals surface area contributed by atoms with Gasteiger partial charge in [-0.15, -0.1) is 6.58 Å². The predicted octanol–water partition coefficient (Wildman–Crippen LogP) is 3.44. The summed E-state index contributed by atoms with van der Waals surface area (Å²) in [6.07, 6.45) is 10.7. The van der Waals surface area contributed by atoms with Gasteiger partial charge in [-0.3, -0.25) is 19.1 Å². The standard InChI is InChI=1S/C42H54N6O10S/c1-4-27-21-42(27,40(51)46-59(53,54)30-14-15-30)45-38(49)33-18-28-24-48(33)39(50)37(25-11-7-6-8-12-25)44-41(52)47-22-29(23-47)57-16-10-9-13-26-17-31-32(19-34(26)55-3)43-36(56-5-2)20-35(31)58-28/h4,9,13,17,19-20,25,27-30,33,37H,1,5-8,10-12,14-16,18,21-24H2,2-3H3,(H,44,52)(H,45,49)(H,46,51)/b13-9+/t27?,28-,33+,37+,42-/m1/s1. The maximum Gasteiger partial charge on any atom is 0.318 e. The third-order valence-electron chi connectivity index (χ3n) is 12.5. The monoisotopic (exact) mass is 834 g/mol. The van der Waals surface area contributed by atoms with E-state index in [1.165, 1.54) is 11.0 Å². The number of methoxy groups -OCH3 is 1. The Kier molecular flexibility index (Phi) is 11.5. The van der Waals surface area contributed by atoms with E-state index in [0.29, 0.717) is 73.8 Å². The number of pyridine rings is 1. The molecule has 7 aliphatic rings. The molecule has 1 aromatic heterocycles. The van der Waals surface area contributed by atoms with E-state index in [9.17, 15) is 22.8 Å². The van der Waals surface area contributed by atoms with Gasteiger partial charge in [0.1, 0.15) is 35.2 Å². The molecule has 2 aromatic rings. The Balaban J connectivity index is 1.16. The first-order valence-corrected chi connectivity index (χ1v) is 22.4. The molecule has 5 heterocycles. The zero-order valence-corrected chi connectivity index (χ0v) is 34.5. The highest BCUT2D eigenvalue weighted by atomic mass is 32.2. The lowest BCUT2D eigenvalue weighted by molar-refractivity contribution is -0.142. The SMILES string of the molecule is C=CC1C[C@]1(NC(=O)[C@@H]1C[C@@H]2CN1C(=O)[C@H](C1CCCCC1)NC(=O)N1CC(C1)OCC/C=C/c1cc3c(cc(OCC)nc3cc1OC)O2)C(=O)NS(=O)(=O)C1CC1. The molecule has 3 saturated carbocycles. The van der Waals surface area contributed by atoms with Gasteiger partial charge >= 0.3 is 6.03 Å². The minimum Gasteiger partial charge on any atom is -0.496 e. The van der Waals surface area contributed by atoms with Crippen LogP contribution >= 0.6 is 0 Å². The number of carbonyl (C=O) groups excluding carboxylic acids is 4. The van der Waals surface area contributed by atoms with Gasteiger partial charge in [-0.05, 0) is 57.4 Å². The number of ether oxygens (including phenoxy) is 4. The molecule has 5 fully saturated rings. The van der Waals surface area contributed by atoms with Crippen molar-refractivity contribution in [2.75, 3.05) is 40.0 Å². The zero-order chi connectivity index (χ0) is 41.5. The highest BCUT2D eigenvalue weighted by Gasteiger charge is 2.62. The number of rotatable bonds is 10. The van der Waals surface area contributed by atoms with E-state index in [1.807, 2.05) is 31.2 Å². The molecular formula is C42H54N6O10S. The van der Waals surface area contributed by atoms with Gasteiger partial charge in [-0.25, -0.2) is 18.2 Å². The predicted molar refractivity (Wildman–Crippen MR) is 217 cm³/mol. The van der Waals surface area contributed by atoms with E-state index in [1.54, 1.807) is 18.1 Å². The van der Waals surface area contributed by atoms with Crippen molar-refractivity contribution in [1.29, 1.82) is 0 Å². The molecular weight excluding hydrogens is 781 g/mol. The molecule has 5 atom stereocenters. The summed E-state index contributed by atoms with van der Waals surface area (Å²) in [5.41, 5.74) is -0.221. The number of sulfonamides is 1. The van der Waals surface area contributed by atoms with Crippen LogP contribution in [0.25, 0.3) is 17.0 Å². The average Bonchev–Trinajstić information content (AvgIpc) is 4.14. The lowest BCUT2D eigenvalue weighted by atomic mass is 9.83. The van der Waals surface area contributed by atoms with Gasteiger partial charge in [-0.1, -0.05) is 37.5 Å². The molecule has 4 aliphatic heterocycles. The van der Waals surface area contributed by atoms with Gasteiger partial charge in [-0.2, -0.15) is 0 Å². The van der Waals surface area contributed by atoms with Gasteiger partial charge in [0.15, 0.2) is 0 Å². The van der Waals surface area contributed by atoms with Gasteiger partial charge in [0.25, 0.3) is 5.91 Å². The largest absolute Gasteiger partial charge is 0.496 e. The van der Waals surface area contributed by atoms with Crippen LogP contribution in [0.4, 0.5) is 4.79 Å². The summed E-state index contributed by atoms with van der Waals surface area (Å²) in [5.74, 6) is -1.22. The van der Waals surface area contributed by atoms with Gasteiger partial charge in [0, 0.05) is 35.4 Å². The van der Waals surface area contributed by atoms with Crippen LogP contribution in [-0.4, -0.2) is 122 Å². The molecule has 318 valence electrons. The van der Waals surface area contributed by atoms with E-state index in [-0.39, 0.29) is 37.4 Å². The fraction of sp³-hybridized carbons (Fsp3) is 0.595. The van der Waals surface area contributed by atoms with Crippen LogP contribution in [0.5, 0.6) is 17.4 Å². The summed E-state index contributed by atoms with van der Waals surface area (Å²) < 4.78 is 52.3. The lowest BCUT2D eigenvalue weighted by Crippen LogP contribution is -2.63. The van der Waals surface area contributed by atoms with Crippen LogP contribution in [0.1, 0.15) is 76.7 Å². The van der Waals surface area contributed by atoms with Crippen molar-refractivity contribution < 1.29 is 46.5 Å². The van der Waals surface area contributed by atoms with Crippen LogP contribution in [-0.2, 0) is 29.1 Å². The van der Waals surface area contributed by atoms with Crippen molar-refractivity contribution in [1.82, 2.24) is 30.1 Å². The average molecular weight is 835 g/mol. The molecule has 0 spiro atoms. The quantitative estimate of drug-likeness (QED) is 0.297. The zero-order valence-electron chi connectivity index (χ0n) is 33.7. The first-order chi connectivity index (χ1) is 28.4. The number of amides is 5. The first-order valence-electron chi connectivity index (χ1n) is 20.9. The molecule has 1 unspecified atom stereocenters. The Morgan fingerprint density at radius 1 is 1.08 bits per heavy atom. The summed E-state index contributed by atoms with van der Waals surface area (Å²) in [4.78, 5) is 64.8. The Labute approximate surface area is 344 Å². The van der Waals surface area contributed by atoms with Crippen LogP contribution in [0.15, 0.2) is 36.9 Å². The molecule has 17 heteroatoms. The second-order valence-corrected chi connectivity index (χ2v) is 18.5. The van der Waals surface area contributed by atoms with Crippen LogP contribution in [0.2, 0.25) is 0 Å². The summed E-state index contributed by atoms with van der Waals surface area (Å²) >= 11 is 0. The summed E-state index contributed by atoms with van der Waals surface area (Å²) in [7, 11) is -2.33. The third kappa shape index (κ3) is 8.45. The summed E-state index contributed by atoms with van der Waals surface area (Å²) in [6.45, 7) is 7.23. The molecule has 59 heavy (non-hydrogen) atoms. The number of fused-ring (bicyclic) bond motifs is 6. The Bertz CT molecular complexity index is 2130. The Morgan fingerprint density at radius 2 is 1.86 bits per heavy atom. The summed E-state index contributed by atoms with van der Waals surface area (Å²) in [6, 6.07) is 3.01. The first kappa shape index (κ1) is 40.9. The van der Waals surface area contributed by atoms with Gasteiger partial charge in [0.2, 0.25) is 27.7 Å². The van der Waals surface area contributed by atoms with E-state index in [4.69, 9.17) is 23.9 Å². The number of hydrogen-bond acceptors (Lipinski definition) is 11. The minimum atomic E-state index is -3.91. The van der Waals surface area contributed by atoms with Crippen molar-refractivity contribution in [3.63, 3.8) is 0 Å². The Morgan fingerprint density at radius 3 is 2.56 bits per heavy atom. The molecule has 5 amide bonds. The number of benzene rings is 1. The highest BCUT2D eigenvalue weighted by molar-refractivity contribution is 7.91. The molecule has 3 N–H and O–H groups in total. The number of nitrogens with zero attached hydrogens (tertiary/aromatic N) is 3. The van der Waals surface area contributed by atoms with Crippen molar-refractivity contribution in [2.24, 2.45) is 11.8 Å². The van der Waals surface area contributed by atoms with E-state index < -0.39 is 62.6 Å². The molecule has 3 aliphatic carbocycles. The van der Waals surface area contributed by atoms with Crippen LogP contribution in [0, 0.1) is 11.8 Å². The van der Waals surface area contributed by atoms with Crippen molar-refractivity contribution in [3.8, 4) is 17.4 Å². The number of aromatic nitrogens is 1. The number of carbonyl (C=O) groups is 4. The lowest BCUT2D eigenvalue weighted by Gasteiger charge is -2.41. The smallest absolute Gasteiger partial charge is 0.318 e. The van der Waals surface area contributed by atoms with Crippen LogP contribution < -0.4 is 29.6 Å². The summed E-state index contributed by atoms with van der Waals surface area (Å²) in [5, 5.41) is 5.94. The molecule has 0 radical (unpaired) electrons.